The number of carbonyl (C=O) groups is 3. The van der Waals surface area contributed by atoms with Gasteiger partial charge in [-0.15, -0.1) is 0 Å². The third kappa shape index (κ3) is 5.27. The third-order valence-electron chi connectivity index (χ3n) is 4.16. The summed E-state index contributed by atoms with van der Waals surface area (Å²) in [6.07, 6.45) is 0.712. The van der Waals surface area contributed by atoms with Crippen molar-refractivity contribution >= 4 is 17.8 Å². The highest BCUT2D eigenvalue weighted by Gasteiger charge is 2.32. The number of esters is 1. The van der Waals surface area contributed by atoms with Crippen LogP contribution in [0.3, 0.4) is 0 Å². The lowest BCUT2D eigenvalue weighted by molar-refractivity contribution is -0.151. The van der Waals surface area contributed by atoms with E-state index in [2.05, 4.69) is 0 Å². The van der Waals surface area contributed by atoms with E-state index in [-0.39, 0.29) is 56.2 Å². The molecular weight excluding hydrogens is 327 g/mol. The molecule has 0 spiro atoms. The molecular formula is C18H23FN2O4. The van der Waals surface area contributed by atoms with Crippen molar-refractivity contribution in [3.8, 4) is 0 Å². The molecule has 7 heteroatoms. The van der Waals surface area contributed by atoms with E-state index in [1.807, 2.05) is 0 Å². The number of ether oxygens (including phenoxy) is 1. The van der Waals surface area contributed by atoms with Crippen LogP contribution in [0.5, 0.6) is 0 Å². The number of likely N-dealkylation sites (tertiary alicyclic amines) is 1. The maximum atomic E-state index is 13.3. The van der Waals surface area contributed by atoms with Gasteiger partial charge in [0.1, 0.15) is 12.4 Å². The largest absolute Gasteiger partial charge is 0.465 e. The summed E-state index contributed by atoms with van der Waals surface area (Å²) in [4.78, 5) is 39.0. The Morgan fingerprint density at radius 1 is 1.40 bits per heavy atom. The molecule has 1 aliphatic rings. The SMILES string of the molecule is CCOC(=O)CN(C)C(=O)[C@H]1CCC(=O)N(Cc2cccc(F)c2)C1. The second-order valence-corrected chi connectivity index (χ2v) is 6.14. The smallest absolute Gasteiger partial charge is 0.325 e. The first kappa shape index (κ1) is 18.9. The standard InChI is InChI=1S/C18H23FN2O4/c1-3-25-17(23)12-20(2)18(24)14-7-8-16(22)21(11-14)10-13-5-4-6-15(19)9-13/h4-6,9,14H,3,7-8,10-12H2,1-2H3/t14-/m0/s1. The molecule has 6 nitrogen and oxygen atoms in total. The van der Waals surface area contributed by atoms with Crippen molar-refractivity contribution in [3.05, 3.63) is 35.6 Å². The number of benzene rings is 1. The molecule has 0 unspecified atom stereocenters. The number of amides is 2. The van der Waals surface area contributed by atoms with E-state index in [0.29, 0.717) is 12.0 Å². The highest BCUT2D eigenvalue weighted by atomic mass is 19.1. The number of carbonyl (C=O) groups excluding carboxylic acids is 3. The molecule has 0 aliphatic carbocycles. The summed E-state index contributed by atoms with van der Waals surface area (Å²) in [7, 11) is 1.55. The molecule has 136 valence electrons. The van der Waals surface area contributed by atoms with E-state index in [1.54, 1.807) is 31.0 Å². The Bertz CT molecular complexity index is 650. The van der Waals surface area contributed by atoms with Gasteiger partial charge in [0.15, 0.2) is 0 Å². The Labute approximate surface area is 146 Å². The predicted molar refractivity (Wildman–Crippen MR) is 88.8 cm³/mol. The second-order valence-electron chi connectivity index (χ2n) is 6.14. The van der Waals surface area contributed by atoms with Crippen LogP contribution < -0.4 is 0 Å². The van der Waals surface area contributed by atoms with Crippen LogP contribution in [0.25, 0.3) is 0 Å². The summed E-state index contributed by atoms with van der Waals surface area (Å²) >= 11 is 0. The van der Waals surface area contributed by atoms with E-state index in [9.17, 15) is 18.8 Å². The molecule has 1 aromatic rings. The molecule has 2 rings (SSSR count). The molecule has 2 amide bonds. The Kier molecular flexibility index (Phi) is 6.50. The molecule has 0 radical (unpaired) electrons. The highest BCUT2D eigenvalue weighted by Crippen LogP contribution is 2.21. The topological polar surface area (TPSA) is 66.9 Å². The molecule has 0 bridgehead atoms. The zero-order valence-corrected chi connectivity index (χ0v) is 14.5. The van der Waals surface area contributed by atoms with Gasteiger partial charge in [-0.1, -0.05) is 12.1 Å². The Balaban J connectivity index is 1.97. The van der Waals surface area contributed by atoms with Crippen LogP contribution in [0.15, 0.2) is 24.3 Å². The van der Waals surface area contributed by atoms with Gasteiger partial charge in [-0.2, -0.15) is 0 Å². The lowest BCUT2D eigenvalue weighted by Crippen LogP contribution is -2.46. The van der Waals surface area contributed by atoms with E-state index in [0.717, 1.165) is 0 Å². The van der Waals surface area contributed by atoms with Crippen molar-refractivity contribution in [2.24, 2.45) is 5.92 Å². The fraction of sp³-hybridized carbons (Fsp3) is 0.500. The van der Waals surface area contributed by atoms with Gasteiger partial charge in [-0.25, -0.2) is 4.39 Å². The summed E-state index contributed by atoms with van der Waals surface area (Å²) in [6.45, 7) is 2.39. The third-order valence-corrected chi connectivity index (χ3v) is 4.16. The molecule has 1 aromatic carbocycles. The molecule has 1 atom stereocenters. The van der Waals surface area contributed by atoms with Gasteiger partial charge < -0.3 is 14.5 Å². The van der Waals surface area contributed by atoms with E-state index >= 15 is 0 Å². The van der Waals surface area contributed by atoms with Crippen molar-refractivity contribution in [3.63, 3.8) is 0 Å². The van der Waals surface area contributed by atoms with Crippen molar-refractivity contribution in [1.29, 1.82) is 0 Å². The molecule has 1 heterocycles. The Morgan fingerprint density at radius 3 is 2.84 bits per heavy atom. The van der Waals surface area contributed by atoms with Crippen LogP contribution in [0, 0.1) is 11.7 Å². The van der Waals surface area contributed by atoms with Crippen LogP contribution >= 0.6 is 0 Å². The van der Waals surface area contributed by atoms with Crippen molar-refractivity contribution < 1.29 is 23.5 Å². The maximum Gasteiger partial charge on any atom is 0.325 e. The average molecular weight is 350 g/mol. The molecule has 1 fully saturated rings. The normalized spacial score (nSPS) is 17.3. The number of nitrogens with zero attached hydrogens (tertiary/aromatic N) is 2. The van der Waals surface area contributed by atoms with Gasteiger partial charge >= 0.3 is 5.97 Å². The summed E-state index contributed by atoms with van der Waals surface area (Å²) in [5.41, 5.74) is 0.682. The van der Waals surface area contributed by atoms with E-state index in [1.165, 1.54) is 17.0 Å². The molecule has 1 aliphatic heterocycles. The summed E-state index contributed by atoms with van der Waals surface area (Å²) < 4.78 is 18.2. The summed E-state index contributed by atoms with van der Waals surface area (Å²) in [5, 5.41) is 0. The average Bonchev–Trinajstić information content (AvgIpc) is 2.56. The minimum Gasteiger partial charge on any atom is -0.465 e. The second kappa shape index (κ2) is 8.60. The lowest BCUT2D eigenvalue weighted by Gasteiger charge is -2.33. The minimum absolute atomic E-state index is 0.0543. The van der Waals surface area contributed by atoms with E-state index < -0.39 is 5.97 Å². The number of likely N-dealkylation sites (N-methyl/N-ethyl adjacent to an activating group) is 1. The van der Waals surface area contributed by atoms with Gasteiger partial charge in [0.2, 0.25) is 11.8 Å². The van der Waals surface area contributed by atoms with Gasteiger partial charge in [0.05, 0.1) is 12.5 Å². The molecule has 0 N–H and O–H groups in total. The van der Waals surface area contributed by atoms with Gasteiger partial charge in [0, 0.05) is 26.6 Å². The first-order chi connectivity index (χ1) is 11.9. The number of hydrogen-bond donors (Lipinski definition) is 0. The minimum atomic E-state index is -0.457. The monoisotopic (exact) mass is 350 g/mol. The fourth-order valence-corrected chi connectivity index (χ4v) is 2.91. The summed E-state index contributed by atoms with van der Waals surface area (Å²) in [6, 6.07) is 6.06. The zero-order chi connectivity index (χ0) is 18.4. The van der Waals surface area contributed by atoms with E-state index in [4.69, 9.17) is 4.74 Å². The fourth-order valence-electron chi connectivity index (χ4n) is 2.91. The number of rotatable bonds is 6. The molecule has 0 saturated carbocycles. The van der Waals surface area contributed by atoms with Crippen LogP contribution in [0.1, 0.15) is 25.3 Å². The maximum absolute atomic E-state index is 13.3. The molecule has 1 saturated heterocycles. The lowest BCUT2D eigenvalue weighted by atomic mass is 9.95. The molecule has 25 heavy (non-hydrogen) atoms. The van der Waals surface area contributed by atoms with Gasteiger partial charge in [-0.3, -0.25) is 14.4 Å². The highest BCUT2D eigenvalue weighted by molar-refractivity contribution is 5.86. The van der Waals surface area contributed by atoms with Crippen molar-refractivity contribution in [1.82, 2.24) is 9.80 Å². The first-order valence-corrected chi connectivity index (χ1v) is 8.33. The van der Waals surface area contributed by atoms with Crippen LogP contribution in [0.2, 0.25) is 0 Å². The zero-order valence-electron chi connectivity index (χ0n) is 14.5. The Morgan fingerprint density at radius 2 is 2.16 bits per heavy atom. The predicted octanol–water partition coefficient (Wildman–Crippen LogP) is 1.59. The number of piperidine rings is 1. The van der Waals surface area contributed by atoms with Crippen LogP contribution in [-0.2, 0) is 25.7 Å². The van der Waals surface area contributed by atoms with Crippen LogP contribution in [-0.4, -0.2) is 54.3 Å². The van der Waals surface area contributed by atoms with Crippen LogP contribution in [0.4, 0.5) is 4.39 Å². The number of hydrogen-bond acceptors (Lipinski definition) is 4. The van der Waals surface area contributed by atoms with Crippen molar-refractivity contribution in [2.45, 2.75) is 26.3 Å². The van der Waals surface area contributed by atoms with Gasteiger partial charge in [0.25, 0.3) is 0 Å². The van der Waals surface area contributed by atoms with Crippen molar-refractivity contribution in [2.75, 3.05) is 26.7 Å². The van der Waals surface area contributed by atoms with Gasteiger partial charge in [-0.05, 0) is 31.0 Å². The quantitative estimate of drug-likeness (QED) is 0.731. The number of halogens is 1. The summed E-state index contributed by atoms with van der Waals surface area (Å²) in [5.74, 6) is -1.43. The molecule has 0 aromatic heterocycles. The Hall–Kier alpha value is -2.44. The first-order valence-electron chi connectivity index (χ1n) is 8.33.